The number of aliphatic hydroxyl groups is 1. The first-order chi connectivity index (χ1) is 10.8. The third kappa shape index (κ3) is 3.30. The van der Waals surface area contributed by atoms with Crippen LogP contribution in [0.2, 0.25) is 5.02 Å². The molecule has 112 valence electrons. The van der Waals surface area contributed by atoms with Crippen LogP contribution in [0.4, 0.5) is 5.69 Å². The molecule has 5 heteroatoms. The molecule has 1 aromatic heterocycles. The SMILES string of the molecule is OCCn1c(-c2ccccc2)csc1=Nc1ccc(Cl)cc1. The highest BCUT2D eigenvalue weighted by Gasteiger charge is 2.07. The number of aliphatic hydroxyl groups excluding tert-OH is 1. The minimum Gasteiger partial charge on any atom is -0.395 e. The Balaban J connectivity index is 2.09. The summed E-state index contributed by atoms with van der Waals surface area (Å²) in [6.07, 6.45) is 0. The molecule has 0 amide bonds. The van der Waals surface area contributed by atoms with Crippen LogP contribution in [0.1, 0.15) is 0 Å². The molecule has 0 saturated carbocycles. The number of hydrogen-bond donors (Lipinski definition) is 1. The number of nitrogens with zero attached hydrogens (tertiary/aromatic N) is 2. The predicted octanol–water partition coefficient (Wildman–Crippen LogP) is 4.09. The standard InChI is InChI=1S/C17H15ClN2OS/c18-14-6-8-15(9-7-14)19-17-20(10-11-21)16(12-22-17)13-4-2-1-3-5-13/h1-9,12,21H,10-11H2. The van der Waals surface area contributed by atoms with Crippen LogP contribution in [0.15, 0.2) is 65.0 Å². The lowest BCUT2D eigenvalue weighted by Gasteiger charge is -2.07. The summed E-state index contributed by atoms with van der Waals surface area (Å²) in [5, 5.41) is 12.1. The van der Waals surface area contributed by atoms with Gasteiger partial charge in [-0.15, -0.1) is 11.3 Å². The highest BCUT2D eigenvalue weighted by atomic mass is 35.5. The van der Waals surface area contributed by atoms with Gasteiger partial charge in [0.15, 0.2) is 4.80 Å². The molecule has 0 spiro atoms. The van der Waals surface area contributed by atoms with Gasteiger partial charge in [0.05, 0.1) is 18.0 Å². The Morgan fingerprint density at radius 3 is 2.45 bits per heavy atom. The maximum absolute atomic E-state index is 9.36. The molecule has 0 saturated heterocycles. The Morgan fingerprint density at radius 2 is 1.77 bits per heavy atom. The monoisotopic (exact) mass is 330 g/mol. The van der Waals surface area contributed by atoms with Crippen molar-refractivity contribution in [2.24, 2.45) is 4.99 Å². The fourth-order valence-corrected chi connectivity index (χ4v) is 3.28. The van der Waals surface area contributed by atoms with Crippen LogP contribution in [0.3, 0.4) is 0 Å². The first-order valence-electron chi connectivity index (χ1n) is 6.93. The largest absolute Gasteiger partial charge is 0.395 e. The van der Waals surface area contributed by atoms with E-state index in [4.69, 9.17) is 11.6 Å². The normalized spacial score (nSPS) is 11.8. The van der Waals surface area contributed by atoms with Crippen LogP contribution in [0.25, 0.3) is 11.3 Å². The first-order valence-corrected chi connectivity index (χ1v) is 8.18. The van der Waals surface area contributed by atoms with Crippen molar-refractivity contribution in [3.63, 3.8) is 0 Å². The molecular weight excluding hydrogens is 316 g/mol. The zero-order chi connectivity index (χ0) is 15.4. The average molecular weight is 331 g/mol. The minimum absolute atomic E-state index is 0.0738. The van der Waals surface area contributed by atoms with Crippen LogP contribution < -0.4 is 4.80 Å². The summed E-state index contributed by atoms with van der Waals surface area (Å²) in [5.41, 5.74) is 3.02. The maximum Gasteiger partial charge on any atom is 0.190 e. The number of aromatic nitrogens is 1. The highest BCUT2D eigenvalue weighted by Crippen LogP contribution is 2.21. The summed E-state index contributed by atoms with van der Waals surface area (Å²) in [6, 6.07) is 17.5. The molecular formula is C17H15ClN2OS. The molecule has 0 radical (unpaired) electrons. The van der Waals surface area contributed by atoms with Crippen molar-refractivity contribution in [1.29, 1.82) is 0 Å². The maximum atomic E-state index is 9.36. The zero-order valence-electron chi connectivity index (χ0n) is 11.8. The molecule has 0 atom stereocenters. The van der Waals surface area contributed by atoms with Crippen molar-refractivity contribution >= 4 is 28.6 Å². The van der Waals surface area contributed by atoms with E-state index in [1.54, 1.807) is 11.3 Å². The summed E-state index contributed by atoms with van der Waals surface area (Å²) in [6.45, 7) is 0.588. The lowest BCUT2D eigenvalue weighted by Crippen LogP contribution is -2.17. The van der Waals surface area contributed by atoms with Crippen molar-refractivity contribution in [3.8, 4) is 11.3 Å². The molecule has 0 aliphatic heterocycles. The third-order valence-electron chi connectivity index (χ3n) is 3.24. The first kappa shape index (κ1) is 15.0. The minimum atomic E-state index is 0.0738. The molecule has 0 bridgehead atoms. The van der Waals surface area contributed by atoms with Gasteiger partial charge in [0.1, 0.15) is 0 Å². The summed E-state index contributed by atoms with van der Waals surface area (Å²) in [4.78, 5) is 5.52. The van der Waals surface area contributed by atoms with Gasteiger partial charge in [0.25, 0.3) is 0 Å². The van der Waals surface area contributed by atoms with Gasteiger partial charge in [-0.1, -0.05) is 41.9 Å². The summed E-state index contributed by atoms with van der Waals surface area (Å²) < 4.78 is 2.04. The summed E-state index contributed by atoms with van der Waals surface area (Å²) in [7, 11) is 0. The van der Waals surface area contributed by atoms with E-state index in [0.717, 1.165) is 21.7 Å². The molecule has 0 aliphatic rings. The van der Waals surface area contributed by atoms with E-state index >= 15 is 0 Å². The Morgan fingerprint density at radius 1 is 1.05 bits per heavy atom. The van der Waals surface area contributed by atoms with E-state index in [0.29, 0.717) is 11.6 Å². The molecule has 0 fully saturated rings. The fourth-order valence-electron chi connectivity index (χ4n) is 2.20. The lowest BCUT2D eigenvalue weighted by atomic mass is 10.2. The average Bonchev–Trinajstić information content (AvgIpc) is 2.94. The summed E-state index contributed by atoms with van der Waals surface area (Å²) in [5.74, 6) is 0. The van der Waals surface area contributed by atoms with E-state index in [1.807, 2.05) is 47.0 Å². The van der Waals surface area contributed by atoms with Crippen molar-refractivity contribution in [2.45, 2.75) is 6.54 Å². The van der Waals surface area contributed by atoms with Gasteiger partial charge in [0.2, 0.25) is 0 Å². The Kier molecular flexibility index (Phi) is 4.73. The van der Waals surface area contributed by atoms with Crippen LogP contribution in [0.5, 0.6) is 0 Å². The Bertz CT molecular complexity index is 807. The Hall–Kier alpha value is -1.88. The number of thiazole rings is 1. The molecule has 3 nitrogen and oxygen atoms in total. The van der Waals surface area contributed by atoms with Crippen LogP contribution in [-0.4, -0.2) is 16.3 Å². The van der Waals surface area contributed by atoms with E-state index < -0.39 is 0 Å². The van der Waals surface area contributed by atoms with Gasteiger partial charge < -0.3 is 9.67 Å². The summed E-state index contributed by atoms with van der Waals surface area (Å²) >= 11 is 7.46. The van der Waals surface area contributed by atoms with Gasteiger partial charge in [-0.3, -0.25) is 0 Å². The van der Waals surface area contributed by atoms with E-state index in [1.165, 1.54) is 0 Å². The van der Waals surface area contributed by atoms with Crippen molar-refractivity contribution in [3.05, 3.63) is 69.8 Å². The second-order valence-corrected chi connectivity index (χ2v) is 6.01. The quantitative estimate of drug-likeness (QED) is 0.768. The molecule has 22 heavy (non-hydrogen) atoms. The van der Waals surface area contributed by atoms with Gasteiger partial charge in [-0.25, -0.2) is 4.99 Å². The molecule has 0 aliphatic carbocycles. The van der Waals surface area contributed by atoms with Crippen molar-refractivity contribution in [1.82, 2.24) is 4.57 Å². The number of halogens is 1. The van der Waals surface area contributed by atoms with Crippen LogP contribution in [0, 0.1) is 0 Å². The van der Waals surface area contributed by atoms with Crippen LogP contribution in [-0.2, 0) is 6.54 Å². The van der Waals surface area contributed by atoms with Gasteiger partial charge in [-0.2, -0.15) is 0 Å². The number of rotatable bonds is 4. The number of hydrogen-bond acceptors (Lipinski definition) is 3. The van der Waals surface area contributed by atoms with Gasteiger partial charge >= 0.3 is 0 Å². The zero-order valence-corrected chi connectivity index (χ0v) is 13.4. The molecule has 3 aromatic rings. The molecule has 0 unspecified atom stereocenters. The van der Waals surface area contributed by atoms with Crippen molar-refractivity contribution < 1.29 is 5.11 Å². The fraction of sp³-hybridized carbons (Fsp3) is 0.118. The highest BCUT2D eigenvalue weighted by molar-refractivity contribution is 7.07. The topological polar surface area (TPSA) is 37.5 Å². The number of benzene rings is 2. The van der Waals surface area contributed by atoms with E-state index in [-0.39, 0.29) is 6.61 Å². The lowest BCUT2D eigenvalue weighted by molar-refractivity contribution is 0.275. The van der Waals surface area contributed by atoms with Crippen molar-refractivity contribution in [2.75, 3.05) is 6.61 Å². The molecule has 1 heterocycles. The Labute approximate surface area is 137 Å². The smallest absolute Gasteiger partial charge is 0.190 e. The molecule has 1 N–H and O–H groups in total. The van der Waals surface area contributed by atoms with Gasteiger partial charge in [0, 0.05) is 16.9 Å². The third-order valence-corrected chi connectivity index (χ3v) is 4.36. The van der Waals surface area contributed by atoms with Crippen LogP contribution >= 0.6 is 22.9 Å². The van der Waals surface area contributed by atoms with E-state index in [9.17, 15) is 5.11 Å². The molecule has 2 aromatic carbocycles. The van der Waals surface area contributed by atoms with Gasteiger partial charge in [-0.05, 0) is 29.8 Å². The van der Waals surface area contributed by atoms with E-state index in [2.05, 4.69) is 22.5 Å². The molecule has 3 rings (SSSR count). The second-order valence-electron chi connectivity index (χ2n) is 4.73. The predicted molar refractivity (Wildman–Crippen MR) is 91.5 cm³/mol. The second kappa shape index (κ2) is 6.92.